The third-order valence-electron chi connectivity index (χ3n) is 3.10. The lowest BCUT2D eigenvalue weighted by Crippen LogP contribution is -1.99. The molecule has 2 aromatic rings. The monoisotopic (exact) mass is 327 g/mol. The first-order valence-electron chi connectivity index (χ1n) is 7.27. The molecule has 0 heterocycles. The van der Waals surface area contributed by atoms with E-state index in [0.717, 1.165) is 16.8 Å². The van der Waals surface area contributed by atoms with Gasteiger partial charge in [-0.15, -0.1) is 6.42 Å². The topological polar surface area (TPSA) is 30.8 Å². The maximum absolute atomic E-state index is 6.10. The standard InChI is InChI=1S/C19H18ClNO2/c1-4-10-23-18-9-7-15(11-19(18)22-5-2)13-21-16-8-6-14(3)17(20)12-16/h1,6-9,11-13H,5,10H2,2-3H3. The fraction of sp³-hybridized carbons (Fsp3) is 0.211. The molecule has 0 aromatic heterocycles. The van der Waals surface area contributed by atoms with Crippen LogP contribution in [-0.2, 0) is 0 Å². The fourth-order valence-electron chi connectivity index (χ4n) is 1.92. The molecule has 0 N–H and O–H groups in total. The van der Waals surface area contributed by atoms with Crippen LogP contribution in [0.2, 0.25) is 5.02 Å². The van der Waals surface area contributed by atoms with E-state index in [2.05, 4.69) is 10.9 Å². The maximum Gasteiger partial charge on any atom is 0.162 e. The van der Waals surface area contributed by atoms with Crippen molar-refractivity contribution in [2.24, 2.45) is 4.99 Å². The van der Waals surface area contributed by atoms with Crippen molar-refractivity contribution in [1.82, 2.24) is 0 Å². The van der Waals surface area contributed by atoms with E-state index in [0.29, 0.717) is 23.1 Å². The molecular formula is C19H18ClNO2. The Morgan fingerprint density at radius 3 is 2.70 bits per heavy atom. The van der Waals surface area contributed by atoms with Crippen molar-refractivity contribution in [3.8, 4) is 23.8 Å². The summed E-state index contributed by atoms with van der Waals surface area (Å²) in [5.41, 5.74) is 2.73. The van der Waals surface area contributed by atoms with Crippen LogP contribution in [0.25, 0.3) is 0 Å². The number of hydrogen-bond donors (Lipinski definition) is 0. The van der Waals surface area contributed by atoms with Crippen LogP contribution in [0.3, 0.4) is 0 Å². The van der Waals surface area contributed by atoms with Gasteiger partial charge in [0.25, 0.3) is 0 Å². The molecule has 3 nitrogen and oxygen atoms in total. The van der Waals surface area contributed by atoms with Gasteiger partial charge in [-0.2, -0.15) is 0 Å². The number of hydrogen-bond acceptors (Lipinski definition) is 3. The molecule has 2 aromatic carbocycles. The predicted molar refractivity (Wildman–Crippen MR) is 95.4 cm³/mol. The Labute approximate surface area is 141 Å². The van der Waals surface area contributed by atoms with Crippen LogP contribution in [0.1, 0.15) is 18.1 Å². The maximum atomic E-state index is 6.10. The van der Waals surface area contributed by atoms with Gasteiger partial charge in [0.2, 0.25) is 0 Å². The smallest absolute Gasteiger partial charge is 0.162 e. The summed E-state index contributed by atoms with van der Waals surface area (Å²) in [5, 5.41) is 0.702. The van der Waals surface area contributed by atoms with Crippen molar-refractivity contribution in [2.45, 2.75) is 13.8 Å². The molecule has 2 rings (SSSR count). The lowest BCUT2D eigenvalue weighted by atomic mass is 10.2. The van der Waals surface area contributed by atoms with Crippen LogP contribution >= 0.6 is 11.6 Å². The molecule has 0 atom stereocenters. The summed E-state index contributed by atoms with van der Waals surface area (Å²) in [5.74, 6) is 3.71. The van der Waals surface area contributed by atoms with Crippen LogP contribution in [0.15, 0.2) is 41.4 Å². The fourth-order valence-corrected chi connectivity index (χ4v) is 2.10. The Kier molecular flexibility index (Phi) is 6.08. The number of nitrogens with zero attached hydrogens (tertiary/aromatic N) is 1. The zero-order chi connectivity index (χ0) is 16.7. The summed E-state index contributed by atoms with van der Waals surface area (Å²) >= 11 is 6.10. The van der Waals surface area contributed by atoms with E-state index >= 15 is 0 Å². The summed E-state index contributed by atoms with van der Waals surface area (Å²) in [6.07, 6.45) is 6.98. The zero-order valence-electron chi connectivity index (χ0n) is 13.2. The second kappa shape index (κ2) is 8.26. The van der Waals surface area contributed by atoms with Crippen LogP contribution in [0.5, 0.6) is 11.5 Å². The highest BCUT2D eigenvalue weighted by atomic mass is 35.5. The first kappa shape index (κ1) is 16.9. The summed E-state index contributed by atoms with van der Waals surface area (Å²) in [4.78, 5) is 4.43. The largest absolute Gasteiger partial charge is 0.490 e. The average molecular weight is 328 g/mol. The van der Waals surface area contributed by atoms with E-state index in [1.807, 2.05) is 50.2 Å². The molecule has 0 radical (unpaired) electrons. The lowest BCUT2D eigenvalue weighted by molar-refractivity contribution is 0.299. The molecule has 0 saturated heterocycles. The molecule has 0 bridgehead atoms. The van der Waals surface area contributed by atoms with Crippen LogP contribution in [0, 0.1) is 19.3 Å². The van der Waals surface area contributed by atoms with Gasteiger partial charge in [-0.1, -0.05) is 23.6 Å². The summed E-state index contributed by atoms with van der Waals surface area (Å²) < 4.78 is 11.0. The number of terminal acetylenes is 1. The van der Waals surface area contributed by atoms with Gasteiger partial charge in [-0.25, -0.2) is 0 Å². The number of benzene rings is 2. The van der Waals surface area contributed by atoms with E-state index in [1.165, 1.54) is 0 Å². The highest BCUT2D eigenvalue weighted by Gasteiger charge is 2.05. The number of aliphatic imine (C=N–C) groups is 1. The lowest BCUT2D eigenvalue weighted by Gasteiger charge is -2.10. The van der Waals surface area contributed by atoms with E-state index < -0.39 is 0 Å². The molecule has 0 saturated carbocycles. The minimum atomic E-state index is 0.204. The summed E-state index contributed by atoms with van der Waals surface area (Å²) in [6, 6.07) is 11.3. The van der Waals surface area contributed by atoms with Gasteiger partial charge < -0.3 is 9.47 Å². The van der Waals surface area contributed by atoms with Crippen molar-refractivity contribution in [2.75, 3.05) is 13.2 Å². The molecule has 118 valence electrons. The Hall–Kier alpha value is -2.44. The Bertz CT molecular complexity index is 748. The van der Waals surface area contributed by atoms with Crippen LogP contribution in [0.4, 0.5) is 5.69 Å². The second-order valence-corrected chi connectivity index (χ2v) is 5.23. The van der Waals surface area contributed by atoms with E-state index in [9.17, 15) is 0 Å². The molecule has 0 aliphatic rings. The molecule has 4 heteroatoms. The average Bonchev–Trinajstić information content (AvgIpc) is 2.55. The normalized spacial score (nSPS) is 10.5. The van der Waals surface area contributed by atoms with Crippen LogP contribution in [-0.4, -0.2) is 19.4 Å². The van der Waals surface area contributed by atoms with Gasteiger partial charge in [-0.3, -0.25) is 4.99 Å². The van der Waals surface area contributed by atoms with Crippen molar-refractivity contribution >= 4 is 23.5 Å². The van der Waals surface area contributed by atoms with Crippen molar-refractivity contribution < 1.29 is 9.47 Å². The molecule has 23 heavy (non-hydrogen) atoms. The van der Waals surface area contributed by atoms with E-state index in [1.54, 1.807) is 6.21 Å². The van der Waals surface area contributed by atoms with Gasteiger partial charge in [0, 0.05) is 11.2 Å². The zero-order valence-corrected chi connectivity index (χ0v) is 13.9. The van der Waals surface area contributed by atoms with Gasteiger partial charge in [0.05, 0.1) is 12.3 Å². The third-order valence-corrected chi connectivity index (χ3v) is 3.50. The molecule has 0 spiro atoms. The van der Waals surface area contributed by atoms with Crippen molar-refractivity contribution in [1.29, 1.82) is 0 Å². The predicted octanol–water partition coefficient (Wildman–Crippen LogP) is 4.81. The highest BCUT2D eigenvalue weighted by Crippen LogP contribution is 2.28. The Morgan fingerprint density at radius 2 is 2.00 bits per heavy atom. The SMILES string of the molecule is C#CCOc1ccc(C=Nc2ccc(C)c(Cl)c2)cc1OCC. The molecule has 0 aliphatic carbocycles. The molecule has 0 fully saturated rings. The number of ether oxygens (including phenoxy) is 2. The molecule has 0 aliphatic heterocycles. The summed E-state index contributed by atoms with van der Waals surface area (Å²) in [6.45, 7) is 4.62. The third kappa shape index (κ3) is 4.77. The van der Waals surface area contributed by atoms with E-state index in [4.69, 9.17) is 27.5 Å². The number of rotatable bonds is 6. The number of aryl methyl sites for hydroxylation is 1. The highest BCUT2D eigenvalue weighted by molar-refractivity contribution is 6.31. The first-order chi connectivity index (χ1) is 11.1. The Morgan fingerprint density at radius 1 is 1.17 bits per heavy atom. The minimum absolute atomic E-state index is 0.204. The minimum Gasteiger partial charge on any atom is -0.490 e. The summed E-state index contributed by atoms with van der Waals surface area (Å²) in [7, 11) is 0. The first-order valence-corrected chi connectivity index (χ1v) is 7.65. The van der Waals surface area contributed by atoms with Crippen LogP contribution < -0.4 is 9.47 Å². The van der Waals surface area contributed by atoms with E-state index in [-0.39, 0.29) is 6.61 Å². The Balaban J connectivity index is 2.22. The van der Waals surface area contributed by atoms with Gasteiger partial charge in [0.1, 0.15) is 6.61 Å². The molecular weight excluding hydrogens is 310 g/mol. The molecule has 0 amide bonds. The number of halogens is 1. The van der Waals surface area contributed by atoms with Crippen molar-refractivity contribution in [3.05, 3.63) is 52.5 Å². The molecule has 0 unspecified atom stereocenters. The second-order valence-electron chi connectivity index (χ2n) is 4.82. The quantitative estimate of drug-likeness (QED) is 0.563. The van der Waals surface area contributed by atoms with Gasteiger partial charge in [0.15, 0.2) is 11.5 Å². The van der Waals surface area contributed by atoms with Gasteiger partial charge in [-0.05, 0) is 55.3 Å². The van der Waals surface area contributed by atoms with Gasteiger partial charge >= 0.3 is 0 Å². The van der Waals surface area contributed by atoms with Crippen molar-refractivity contribution in [3.63, 3.8) is 0 Å².